The van der Waals surface area contributed by atoms with Crippen LogP contribution in [0.2, 0.25) is 0 Å². The standard InChI is InChI=1S/C9H17N.C7H8O.C2H6/c1-2-7-10(8-3-1)9-5-4-6-9;1-6-2-4-7(8)5-3-6;1-2/h9H,1-8H2;2-5,8H,1H3;1-2H3. The molecule has 0 amide bonds. The van der Waals surface area contributed by atoms with Crippen LogP contribution < -0.4 is 0 Å². The molecule has 0 bridgehead atoms. The number of benzene rings is 1. The molecular weight excluding hydrogens is 246 g/mol. The van der Waals surface area contributed by atoms with Gasteiger partial charge in [-0.25, -0.2) is 0 Å². The summed E-state index contributed by atoms with van der Waals surface area (Å²) < 4.78 is 0. The number of phenols is 1. The van der Waals surface area contributed by atoms with Crippen molar-refractivity contribution in [1.82, 2.24) is 4.90 Å². The van der Waals surface area contributed by atoms with Gasteiger partial charge in [0.2, 0.25) is 0 Å². The number of hydrogen-bond donors (Lipinski definition) is 1. The molecule has 1 aromatic carbocycles. The molecule has 1 saturated carbocycles. The first-order valence-corrected chi connectivity index (χ1v) is 8.25. The fourth-order valence-electron chi connectivity index (χ4n) is 2.58. The predicted molar refractivity (Wildman–Crippen MR) is 87.3 cm³/mol. The first kappa shape index (κ1) is 17.0. The van der Waals surface area contributed by atoms with Crippen LogP contribution in [-0.4, -0.2) is 29.1 Å². The molecule has 0 atom stereocenters. The van der Waals surface area contributed by atoms with Crippen molar-refractivity contribution in [1.29, 1.82) is 0 Å². The Morgan fingerprint density at radius 3 is 1.85 bits per heavy atom. The second-order valence-corrected chi connectivity index (χ2v) is 5.52. The zero-order chi connectivity index (χ0) is 14.8. The lowest BCUT2D eigenvalue weighted by Crippen LogP contribution is -2.42. The van der Waals surface area contributed by atoms with E-state index in [2.05, 4.69) is 4.90 Å². The molecule has 1 saturated heterocycles. The van der Waals surface area contributed by atoms with Gasteiger partial charge >= 0.3 is 0 Å². The summed E-state index contributed by atoms with van der Waals surface area (Å²) in [5.41, 5.74) is 1.17. The van der Waals surface area contributed by atoms with Crippen molar-refractivity contribution in [2.75, 3.05) is 13.1 Å². The van der Waals surface area contributed by atoms with E-state index in [-0.39, 0.29) is 0 Å². The van der Waals surface area contributed by atoms with Gasteiger partial charge in [-0.1, -0.05) is 44.4 Å². The summed E-state index contributed by atoms with van der Waals surface area (Å²) >= 11 is 0. The molecular formula is C18H31NO. The Morgan fingerprint density at radius 2 is 1.45 bits per heavy atom. The highest BCUT2D eigenvalue weighted by Crippen LogP contribution is 2.26. The highest BCUT2D eigenvalue weighted by Gasteiger charge is 2.25. The van der Waals surface area contributed by atoms with Crippen LogP contribution in [0.1, 0.15) is 57.9 Å². The zero-order valence-corrected chi connectivity index (χ0v) is 13.4. The summed E-state index contributed by atoms with van der Waals surface area (Å²) in [6.07, 6.45) is 8.84. The SMILES string of the molecule is C1CCN(C2CCC2)CC1.CC.Cc1ccc(O)cc1. The van der Waals surface area contributed by atoms with Crippen LogP contribution in [0.15, 0.2) is 24.3 Å². The molecule has 1 aliphatic heterocycles. The minimum Gasteiger partial charge on any atom is -0.508 e. The number of nitrogens with zero attached hydrogens (tertiary/aromatic N) is 1. The molecule has 2 fully saturated rings. The second-order valence-electron chi connectivity index (χ2n) is 5.52. The first-order chi connectivity index (χ1) is 9.75. The van der Waals surface area contributed by atoms with E-state index in [0.717, 1.165) is 6.04 Å². The van der Waals surface area contributed by atoms with Crippen LogP contribution in [0.3, 0.4) is 0 Å². The van der Waals surface area contributed by atoms with Gasteiger partial charge in [-0.2, -0.15) is 0 Å². The number of aromatic hydroxyl groups is 1. The minimum absolute atomic E-state index is 0.329. The third kappa shape index (κ3) is 5.96. The minimum atomic E-state index is 0.329. The molecule has 114 valence electrons. The average Bonchev–Trinajstić information content (AvgIpc) is 2.44. The van der Waals surface area contributed by atoms with E-state index >= 15 is 0 Å². The second kappa shape index (κ2) is 9.82. The van der Waals surface area contributed by atoms with E-state index in [4.69, 9.17) is 5.11 Å². The molecule has 20 heavy (non-hydrogen) atoms. The Morgan fingerprint density at radius 1 is 0.900 bits per heavy atom. The smallest absolute Gasteiger partial charge is 0.115 e. The van der Waals surface area contributed by atoms with E-state index in [9.17, 15) is 0 Å². The van der Waals surface area contributed by atoms with Gasteiger partial charge in [0, 0.05) is 6.04 Å². The Balaban J connectivity index is 0.000000182. The first-order valence-electron chi connectivity index (χ1n) is 8.25. The van der Waals surface area contributed by atoms with Gasteiger partial charge in [0.15, 0.2) is 0 Å². The van der Waals surface area contributed by atoms with Crippen molar-refractivity contribution in [2.45, 2.75) is 65.3 Å². The quantitative estimate of drug-likeness (QED) is 0.800. The molecule has 0 aromatic heterocycles. The molecule has 3 rings (SSSR count). The van der Waals surface area contributed by atoms with Crippen LogP contribution in [0.5, 0.6) is 5.75 Å². The van der Waals surface area contributed by atoms with Crippen LogP contribution >= 0.6 is 0 Å². The van der Waals surface area contributed by atoms with Gasteiger partial charge in [-0.05, 0) is 57.8 Å². The molecule has 1 N–H and O–H groups in total. The number of rotatable bonds is 1. The van der Waals surface area contributed by atoms with Crippen molar-refractivity contribution in [3.05, 3.63) is 29.8 Å². The molecule has 0 radical (unpaired) electrons. The number of likely N-dealkylation sites (tertiary alicyclic amines) is 1. The Bertz CT molecular complexity index is 316. The third-order valence-corrected chi connectivity index (χ3v) is 4.02. The number of aryl methyl sites for hydroxylation is 1. The molecule has 2 nitrogen and oxygen atoms in total. The summed E-state index contributed by atoms with van der Waals surface area (Å²) in [5, 5.41) is 8.76. The van der Waals surface area contributed by atoms with E-state index in [1.807, 2.05) is 32.9 Å². The highest BCUT2D eigenvalue weighted by atomic mass is 16.3. The maximum absolute atomic E-state index is 8.76. The van der Waals surface area contributed by atoms with Gasteiger partial charge in [0.25, 0.3) is 0 Å². The van der Waals surface area contributed by atoms with Crippen molar-refractivity contribution in [3.63, 3.8) is 0 Å². The Hall–Kier alpha value is -1.02. The van der Waals surface area contributed by atoms with Gasteiger partial charge in [-0.15, -0.1) is 0 Å². The molecule has 0 spiro atoms. The maximum atomic E-state index is 8.76. The molecule has 2 heteroatoms. The monoisotopic (exact) mass is 277 g/mol. The van der Waals surface area contributed by atoms with Crippen molar-refractivity contribution < 1.29 is 5.11 Å². The van der Waals surface area contributed by atoms with Crippen molar-refractivity contribution in [3.8, 4) is 5.75 Å². The topological polar surface area (TPSA) is 23.5 Å². The van der Waals surface area contributed by atoms with Crippen molar-refractivity contribution >= 4 is 0 Å². The fraction of sp³-hybridized carbons (Fsp3) is 0.667. The number of phenolic OH excluding ortho intramolecular Hbond substituents is 1. The molecule has 2 aliphatic rings. The van der Waals surface area contributed by atoms with E-state index < -0.39 is 0 Å². The van der Waals surface area contributed by atoms with Gasteiger partial charge < -0.3 is 10.0 Å². The van der Waals surface area contributed by atoms with Crippen LogP contribution in [-0.2, 0) is 0 Å². The predicted octanol–water partition coefficient (Wildman–Crippen LogP) is 4.75. The van der Waals surface area contributed by atoms with Crippen molar-refractivity contribution in [2.24, 2.45) is 0 Å². The van der Waals surface area contributed by atoms with E-state index in [0.29, 0.717) is 5.75 Å². The zero-order valence-electron chi connectivity index (χ0n) is 13.4. The largest absolute Gasteiger partial charge is 0.508 e. The fourth-order valence-corrected chi connectivity index (χ4v) is 2.58. The van der Waals surface area contributed by atoms with Gasteiger partial charge in [0.05, 0.1) is 0 Å². The lowest BCUT2D eigenvalue weighted by Gasteiger charge is -2.39. The molecule has 1 aromatic rings. The van der Waals surface area contributed by atoms with E-state index in [1.165, 1.54) is 57.2 Å². The molecule has 1 aliphatic carbocycles. The summed E-state index contributed by atoms with van der Waals surface area (Å²) in [4.78, 5) is 2.70. The Kier molecular flexibility index (Phi) is 8.36. The number of hydrogen-bond acceptors (Lipinski definition) is 2. The highest BCUT2D eigenvalue weighted by molar-refractivity contribution is 5.24. The Labute approximate surface area is 124 Å². The van der Waals surface area contributed by atoms with Gasteiger partial charge in [0.1, 0.15) is 5.75 Å². The van der Waals surface area contributed by atoms with Gasteiger partial charge in [-0.3, -0.25) is 0 Å². The molecule has 0 unspecified atom stereocenters. The summed E-state index contributed by atoms with van der Waals surface area (Å²) in [7, 11) is 0. The van der Waals surface area contributed by atoms with Crippen LogP contribution in [0.25, 0.3) is 0 Å². The summed E-state index contributed by atoms with van der Waals surface area (Å²) in [6.45, 7) is 8.77. The summed E-state index contributed by atoms with van der Waals surface area (Å²) in [6, 6.07) is 8.09. The average molecular weight is 277 g/mol. The van der Waals surface area contributed by atoms with Crippen LogP contribution in [0, 0.1) is 6.92 Å². The maximum Gasteiger partial charge on any atom is 0.115 e. The molecule has 1 heterocycles. The third-order valence-electron chi connectivity index (χ3n) is 4.02. The van der Waals surface area contributed by atoms with Crippen LogP contribution in [0.4, 0.5) is 0 Å². The van der Waals surface area contributed by atoms with E-state index in [1.54, 1.807) is 12.1 Å². The number of piperidine rings is 1. The lowest BCUT2D eigenvalue weighted by molar-refractivity contribution is 0.105. The lowest BCUT2D eigenvalue weighted by atomic mass is 9.90. The normalized spacial score (nSPS) is 18.9. The summed E-state index contributed by atoms with van der Waals surface area (Å²) in [5.74, 6) is 0.329.